The Bertz CT molecular complexity index is 1440. The maximum atomic E-state index is 11.0. The third-order valence-electron chi connectivity index (χ3n) is 5.28. The topological polar surface area (TPSA) is 124 Å². The van der Waals surface area contributed by atoms with E-state index in [-0.39, 0.29) is 6.54 Å². The maximum Gasteiger partial charge on any atom is 0.325 e. The van der Waals surface area contributed by atoms with E-state index in [2.05, 4.69) is 15.2 Å². The molecule has 0 atom stereocenters. The molecular formula is C22H18BN7O2. The molecule has 0 aliphatic carbocycles. The van der Waals surface area contributed by atoms with Crippen LogP contribution < -0.4 is 11.2 Å². The molecule has 32 heavy (non-hydrogen) atoms. The van der Waals surface area contributed by atoms with Crippen LogP contribution in [-0.2, 0) is 11.3 Å². The summed E-state index contributed by atoms with van der Waals surface area (Å²) in [6, 6.07) is 13.9. The SMILES string of the molecule is Bc1c(-c2cnn(CC(=O)O)c2)nc2c(-c3ccc(-c4ccccc4)nc3)cnn2c1N. The third kappa shape index (κ3) is 3.37. The minimum atomic E-state index is -0.969. The summed E-state index contributed by atoms with van der Waals surface area (Å²) in [6.45, 7) is -0.228. The number of hydrogen-bond acceptors (Lipinski definition) is 6. The Balaban J connectivity index is 1.58. The summed E-state index contributed by atoms with van der Waals surface area (Å²) in [7, 11) is 1.85. The molecule has 0 amide bonds. The number of nitrogens with zero attached hydrogens (tertiary/aromatic N) is 6. The van der Waals surface area contributed by atoms with Gasteiger partial charge in [0.15, 0.2) is 5.65 Å². The average molecular weight is 423 g/mol. The zero-order valence-electron chi connectivity index (χ0n) is 17.2. The van der Waals surface area contributed by atoms with Gasteiger partial charge in [0.1, 0.15) is 20.2 Å². The van der Waals surface area contributed by atoms with E-state index < -0.39 is 5.97 Å². The molecule has 0 aliphatic heterocycles. The fourth-order valence-electron chi connectivity index (χ4n) is 3.62. The van der Waals surface area contributed by atoms with E-state index >= 15 is 0 Å². The predicted octanol–water partition coefficient (Wildman–Crippen LogP) is 1.25. The van der Waals surface area contributed by atoms with Crippen LogP contribution in [0.5, 0.6) is 0 Å². The molecule has 0 saturated heterocycles. The van der Waals surface area contributed by atoms with E-state index in [1.165, 1.54) is 4.68 Å². The Kier molecular flexibility index (Phi) is 4.66. The first-order valence-electron chi connectivity index (χ1n) is 9.91. The summed E-state index contributed by atoms with van der Waals surface area (Å²) in [4.78, 5) is 20.4. The van der Waals surface area contributed by atoms with Crippen LogP contribution >= 0.6 is 0 Å². The molecule has 4 heterocycles. The summed E-state index contributed by atoms with van der Waals surface area (Å²) >= 11 is 0. The van der Waals surface area contributed by atoms with Crippen molar-refractivity contribution in [3.8, 4) is 33.6 Å². The smallest absolute Gasteiger partial charge is 0.325 e. The van der Waals surface area contributed by atoms with Gasteiger partial charge in [0.2, 0.25) is 0 Å². The fourth-order valence-corrected chi connectivity index (χ4v) is 3.62. The van der Waals surface area contributed by atoms with E-state index in [4.69, 9.17) is 15.8 Å². The van der Waals surface area contributed by atoms with Crippen LogP contribution in [0.4, 0.5) is 5.82 Å². The Hall–Kier alpha value is -4.47. The number of anilines is 1. The summed E-state index contributed by atoms with van der Waals surface area (Å²) in [5.41, 5.74) is 12.6. The van der Waals surface area contributed by atoms with Gasteiger partial charge < -0.3 is 10.8 Å². The van der Waals surface area contributed by atoms with Gasteiger partial charge in [0.25, 0.3) is 0 Å². The van der Waals surface area contributed by atoms with Crippen molar-refractivity contribution in [2.24, 2.45) is 0 Å². The van der Waals surface area contributed by atoms with E-state index in [0.29, 0.717) is 22.7 Å². The maximum absolute atomic E-state index is 11.0. The number of benzene rings is 1. The number of aliphatic carboxylic acids is 1. The lowest BCUT2D eigenvalue weighted by molar-refractivity contribution is -0.137. The summed E-state index contributed by atoms with van der Waals surface area (Å²) in [5, 5.41) is 17.5. The highest BCUT2D eigenvalue weighted by atomic mass is 16.4. The highest BCUT2D eigenvalue weighted by Crippen LogP contribution is 2.27. The first-order valence-corrected chi connectivity index (χ1v) is 9.91. The lowest BCUT2D eigenvalue weighted by atomic mass is 9.92. The first kappa shape index (κ1) is 19.5. The molecule has 9 nitrogen and oxygen atoms in total. The Labute approximate surface area is 183 Å². The molecule has 0 saturated carbocycles. The number of pyridine rings is 1. The number of carboxylic acid groups (broad SMARTS) is 1. The zero-order valence-corrected chi connectivity index (χ0v) is 17.2. The number of hydrogen-bond donors (Lipinski definition) is 2. The molecule has 3 N–H and O–H groups in total. The van der Waals surface area contributed by atoms with Gasteiger partial charge >= 0.3 is 5.97 Å². The van der Waals surface area contributed by atoms with Crippen molar-refractivity contribution in [2.75, 3.05) is 5.73 Å². The molecule has 0 bridgehead atoms. The van der Waals surface area contributed by atoms with Gasteiger partial charge in [-0.1, -0.05) is 36.4 Å². The van der Waals surface area contributed by atoms with Gasteiger partial charge in [0.05, 0.1) is 23.8 Å². The molecule has 156 valence electrons. The average Bonchev–Trinajstić information content (AvgIpc) is 3.43. The van der Waals surface area contributed by atoms with Crippen LogP contribution in [0.15, 0.2) is 67.3 Å². The minimum Gasteiger partial charge on any atom is -0.480 e. The van der Waals surface area contributed by atoms with E-state index in [9.17, 15) is 4.79 Å². The van der Waals surface area contributed by atoms with Crippen LogP contribution in [0.25, 0.3) is 39.3 Å². The minimum absolute atomic E-state index is 0.228. The third-order valence-corrected chi connectivity index (χ3v) is 5.28. The second kappa shape index (κ2) is 7.66. The van der Waals surface area contributed by atoms with Gasteiger partial charge in [-0.15, -0.1) is 0 Å². The molecule has 0 aliphatic rings. The largest absolute Gasteiger partial charge is 0.480 e. The molecule has 0 fully saturated rings. The molecule has 10 heteroatoms. The number of carboxylic acids is 1. The predicted molar refractivity (Wildman–Crippen MR) is 123 cm³/mol. The van der Waals surface area contributed by atoms with Crippen molar-refractivity contribution in [1.29, 1.82) is 0 Å². The van der Waals surface area contributed by atoms with E-state index in [0.717, 1.165) is 27.8 Å². The van der Waals surface area contributed by atoms with E-state index in [1.807, 2.05) is 50.3 Å². The van der Waals surface area contributed by atoms with E-state index in [1.54, 1.807) is 29.3 Å². The lowest BCUT2D eigenvalue weighted by Crippen LogP contribution is -2.20. The van der Waals surface area contributed by atoms with Crippen molar-refractivity contribution < 1.29 is 9.90 Å². The van der Waals surface area contributed by atoms with Crippen LogP contribution in [0.2, 0.25) is 0 Å². The number of nitrogens with two attached hydrogens (primary N) is 1. The molecule has 5 aromatic rings. The second-order valence-corrected chi connectivity index (χ2v) is 7.38. The van der Waals surface area contributed by atoms with Gasteiger partial charge in [-0.25, -0.2) is 4.98 Å². The summed E-state index contributed by atoms with van der Waals surface area (Å²) < 4.78 is 2.95. The summed E-state index contributed by atoms with van der Waals surface area (Å²) in [5.74, 6) is -0.514. The lowest BCUT2D eigenvalue weighted by Gasteiger charge is -2.09. The standard InChI is InChI=1S/C22H18BN7O2/c23-19-20(15-9-26-29(11-15)12-18(31)32)28-22-16(10-27-30(22)21(19)24)14-6-7-17(25-8-14)13-4-2-1-3-5-13/h1-11H,12,23-24H2,(H,31,32). The number of rotatable bonds is 5. The van der Waals surface area contributed by atoms with Crippen molar-refractivity contribution >= 4 is 30.7 Å². The summed E-state index contributed by atoms with van der Waals surface area (Å²) in [6.07, 6.45) is 6.74. The zero-order chi connectivity index (χ0) is 22.2. The number of aromatic nitrogens is 6. The molecule has 1 aromatic carbocycles. The molecule has 0 spiro atoms. The van der Waals surface area contributed by atoms with Gasteiger partial charge in [0, 0.05) is 34.6 Å². The monoisotopic (exact) mass is 423 g/mol. The fraction of sp³-hybridized carbons (Fsp3) is 0.0455. The first-order chi connectivity index (χ1) is 15.5. The number of carbonyl (C=O) groups is 1. The highest BCUT2D eigenvalue weighted by Gasteiger charge is 2.17. The van der Waals surface area contributed by atoms with Gasteiger partial charge in [-0.05, 0) is 11.5 Å². The van der Waals surface area contributed by atoms with Crippen molar-refractivity contribution in [1.82, 2.24) is 29.4 Å². The molecule has 0 radical (unpaired) electrons. The van der Waals surface area contributed by atoms with Crippen LogP contribution in [-0.4, -0.2) is 48.3 Å². The second-order valence-electron chi connectivity index (χ2n) is 7.38. The van der Waals surface area contributed by atoms with Gasteiger partial charge in [-0.3, -0.25) is 14.5 Å². The van der Waals surface area contributed by atoms with Crippen LogP contribution in [0.3, 0.4) is 0 Å². The normalized spacial score (nSPS) is 11.1. The van der Waals surface area contributed by atoms with Crippen LogP contribution in [0.1, 0.15) is 0 Å². The van der Waals surface area contributed by atoms with Crippen molar-refractivity contribution in [2.45, 2.75) is 6.54 Å². The molecule has 5 rings (SSSR count). The highest BCUT2D eigenvalue weighted by molar-refractivity contribution is 6.38. The molecule has 0 unspecified atom stereocenters. The van der Waals surface area contributed by atoms with Gasteiger partial charge in [-0.2, -0.15) is 14.7 Å². The Morgan fingerprint density at radius 2 is 1.81 bits per heavy atom. The number of nitrogen functional groups attached to an aromatic ring is 1. The number of fused-ring (bicyclic) bond motifs is 1. The Morgan fingerprint density at radius 3 is 2.53 bits per heavy atom. The molecule has 4 aromatic heterocycles. The van der Waals surface area contributed by atoms with Crippen LogP contribution in [0, 0.1) is 0 Å². The molecular weight excluding hydrogens is 405 g/mol. The Morgan fingerprint density at radius 1 is 1.00 bits per heavy atom. The van der Waals surface area contributed by atoms with Crippen molar-refractivity contribution in [3.05, 3.63) is 67.3 Å². The quantitative estimate of drug-likeness (QED) is 0.408. The van der Waals surface area contributed by atoms with Crippen molar-refractivity contribution in [3.63, 3.8) is 0 Å².